The van der Waals surface area contributed by atoms with Crippen molar-refractivity contribution in [2.75, 3.05) is 4.90 Å². The zero-order valence-corrected chi connectivity index (χ0v) is 19.7. The summed E-state index contributed by atoms with van der Waals surface area (Å²) in [6.07, 6.45) is 6.68. The minimum absolute atomic E-state index is 0.00656. The van der Waals surface area contributed by atoms with Gasteiger partial charge in [-0.2, -0.15) is 4.80 Å². The summed E-state index contributed by atoms with van der Waals surface area (Å²) in [7, 11) is 1.68. The number of aromatic hydroxyl groups is 1. The van der Waals surface area contributed by atoms with E-state index in [1.807, 2.05) is 0 Å². The molecule has 0 aliphatic heterocycles. The van der Waals surface area contributed by atoms with Gasteiger partial charge in [0, 0.05) is 17.0 Å². The maximum Gasteiger partial charge on any atom is 0.205 e. The van der Waals surface area contributed by atoms with Gasteiger partial charge in [0.2, 0.25) is 5.82 Å². The first-order chi connectivity index (χ1) is 16.2. The molecule has 0 spiro atoms. The zero-order chi connectivity index (χ0) is 23.7. The summed E-state index contributed by atoms with van der Waals surface area (Å²) in [5.74, 6) is 1.36. The summed E-state index contributed by atoms with van der Waals surface area (Å²) in [5.41, 5.74) is 1.02. The summed E-state index contributed by atoms with van der Waals surface area (Å²) < 4.78 is 15.8. The number of halogens is 1. The number of fused-ring (bicyclic) bond motifs is 2. The van der Waals surface area contributed by atoms with Gasteiger partial charge in [-0.3, -0.25) is 0 Å². The molecule has 2 aromatic heterocycles. The fourth-order valence-corrected chi connectivity index (χ4v) is 6.21. The van der Waals surface area contributed by atoms with Crippen LogP contribution in [-0.4, -0.2) is 58.8 Å². The third kappa shape index (κ3) is 3.50. The molecule has 3 fully saturated rings. The van der Waals surface area contributed by atoms with Crippen LogP contribution < -0.4 is 4.90 Å². The van der Waals surface area contributed by atoms with E-state index < -0.39 is 6.17 Å². The van der Waals surface area contributed by atoms with Crippen LogP contribution in [0.1, 0.15) is 52.4 Å². The molecule has 3 saturated carbocycles. The largest absolute Gasteiger partial charge is 0.507 e. The van der Waals surface area contributed by atoms with Gasteiger partial charge in [0.1, 0.15) is 11.9 Å². The highest BCUT2D eigenvalue weighted by molar-refractivity contribution is 5.70. The van der Waals surface area contributed by atoms with E-state index in [2.05, 4.69) is 49.3 Å². The number of rotatable bonds is 5. The summed E-state index contributed by atoms with van der Waals surface area (Å²) in [5, 5.41) is 31.3. The van der Waals surface area contributed by atoms with Gasteiger partial charge in [-0.1, -0.05) is 19.9 Å². The van der Waals surface area contributed by atoms with Gasteiger partial charge < -0.3 is 10.0 Å². The molecule has 6 rings (SSSR count). The number of alkyl halides is 1. The first-order valence-corrected chi connectivity index (χ1v) is 11.9. The molecule has 4 atom stereocenters. The Bertz CT molecular complexity index is 1230. The van der Waals surface area contributed by atoms with Crippen LogP contribution >= 0.6 is 0 Å². The van der Waals surface area contributed by atoms with Gasteiger partial charge in [0.15, 0.2) is 11.6 Å². The van der Waals surface area contributed by atoms with E-state index >= 15 is 4.39 Å². The molecule has 3 aromatic rings. The quantitative estimate of drug-likeness (QED) is 0.609. The third-order valence-corrected chi connectivity index (χ3v) is 7.95. The molecule has 9 nitrogen and oxygen atoms in total. The van der Waals surface area contributed by atoms with Gasteiger partial charge in [0.25, 0.3) is 0 Å². The Kier molecular flexibility index (Phi) is 4.66. The molecule has 34 heavy (non-hydrogen) atoms. The van der Waals surface area contributed by atoms with E-state index in [1.165, 1.54) is 4.80 Å². The van der Waals surface area contributed by atoms with Crippen LogP contribution in [0.25, 0.3) is 22.8 Å². The van der Waals surface area contributed by atoms with E-state index in [0.717, 1.165) is 38.5 Å². The fourth-order valence-electron chi connectivity index (χ4n) is 6.21. The normalized spacial score (nSPS) is 30.5. The maximum atomic E-state index is 15.8. The van der Waals surface area contributed by atoms with E-state index in [4.69, 9.17) is 0 Å². The molecule has 0 unspecified atom stereocenters. The number of aryl methyl sites for hydroxylation is 1. The van der Waals surface area contributed by atoms with Crippen molar-refractivity contribution in [3.63, 3.8) is 0 Å². The van der Waals surface area contributed by atoms with Gasteiger partial charge in [0.05, 0.1) is 24.8 Å². The maximum absolute atomic E-state index is 15.8. The van der Waals surface area contributed by atoms with Crippen molar-refractivity contribution in [3.8, 4) is 28.5 Å². The second-order valence-electron chi connectivity index (χ2n) is 10.9. The van der Waals surface area contributed by atoms with Crippen molar-refractivity contribution < 1.29 is 9.50 Å². The Labute approximate surface area is 197 Å². The molecule has 2 bridgehead atoms. The first-order valence-electron chi connectivity index (χ1n) is 11.9. The molecule has 3 aliphatic rings. The van der Waals surface area contributed by atoms with Crippen LogP contribution in [0.15, 0.2) is 24.4 Å². The predicted octanol–water partition coefficient (Wildman–Crippen LogP) is 3.71. The smallest absolute Gasteiger partial charge is 0.205 e. The number of hydrogen-bond donors (Lipinski definition) is 1. The van der Waals surface area contributed by atoms with Crippen molar-refractivity contribution in [3.05, 3.63) is 24.4 Å². The van der Waals surface area contributed by atoms with Crippen LogP contribution in [0.2, 0.25) is 0 Å². The van der Waals surface area contributed by atoms with Crippen LogP contribution in [0.5, 0.6) is 5.75 Å². The van der Waals surface area contributed by atoms with E-state index in [0.29, 0.717) is 34.6 Å². The minimum Gasteiger partial charge on any atom is -0.507 e. The Hall–Kier alpha value is -3.17. The Morgan fingerprint density at radius 2 is 1.94 bits per heavy atom. The third-order valence-electron chi connectivity index (χ3n) is 7.95. The van der Waals surface area contributed by atoms with Crippen LogP contribution in [-0.2, 0) is 7.05 Å². The lowest BCUT2D eigenvalue weighted by Gasteiger charge is -2.47. The lowest BCUT2D eigenvalue weighted by atomic mass is 9.67. The highest BCUT2D eigenvalue weighted by atomic mass is 19.1. The van der Waals surface area contributed by atoms with Gasteiger partial charge in [-0.15, -0.1) is 20.4 Å². The van der Waals surface area contributed by atoms with Crippen LogP contribution in [0, 0.1) is 10.8 Å². The summed E-state index contributed by atoms with van der Waals surface area (Å²) >= 11 is 0. The highest BCUT2D eigenvalue weighted by Gasteiger charge is 2.58. The van der Waals surface area contributed by atoms with Crippen molar-refractivity contribution in [1.29, 1.82) is 0 Å². The second-order valence-corrected chi connectivity index (χ2v) is 10.9. The Morgan fingerprint density at radius 1 is 1.12 bits per heavy atom. The average molecular weight is 465 g/mol. The lowest BCUT2D eigenvalue weighted by molar-refractivity contribution is 0.0357. The molecule has 10 heteroatoms. The van der Waals surface area contributed by atoms with E-state index in [9.17, 15) is 5.11 Å². The number of phenolic OH excluding ortho intramolecular Hbond substituents is 1. The first kappa shape index (κ1) is 21.4. The predicted molar refractivity (Wildman–Crippen MR) is 124 cm³/mol. The molecule has 3 aliphatic carbocycles. The SMILES string of the molecule is Cn1nnc(-c2ccc(-c3ncc(N(C4CC4)[C@@H]4C[C@@]5(C)CC[C@](C)(C5)[C@@H]4F)nn3)c(O)c2)n1. The van der Waals surface area contributed by atoms with Crippen molar-refractivity contribution in [2.45, 2.75) is 70.6 Å². The summed E-state index contributed by atoms with van der Waals surface area (Å²) in [4.78, 5) is 8.02. The molecule has 2 heterocycles. The minimum atomic E-state index is -0.892. The topological polar surface area (TPSA) is 106 Å². The van der Waals surface area contributed by atoms with Gasteiger partial charge >= 0.3 is 0 Å². The molecular weight excluding hydrogens is 435 g/mol. The van der Waals surface area contributed by atoms with Crippen LogP contribution in [0.4, 0.5) is 10.2 Å². The highest BCUT2D eigenvalue weighted by Crippen LogP contribution is 2.60. The standard InChI is InChI=1S/C24H29FN8O/c1-23-8-9-24(2,13-23)20(25)17(11-23)33(15-5-6-15)19-12-26-22(28-27-19)16-7-4-14(10-18(16)34)21-29-31-32(3)30-21/h4,7,10,12,15,17,20,34H,5-6,8-9,11,13H2,1-3H3/t17-,20-,23-,24-/m1/s1. The molecule has 1 aromatic carbocycles. The van der Waals surface area contributed by atoms with Crippen molar-refractivity contribution in [2.24, 2.45) is 17.9 Å². The van der Waals surface area contributed by atoms with E-state index in [1.54, 1.807) is 31.4 Å². The van der Waals surface area contributed by atoms with E-state index in [-0.39, 0.29) is 22.6 Å². The molecule has 0 radical (unpaired) electrons. The monoisotopic (exact) mass is 464 g/mol. The average Bonchev–Trinajstić information content (AvgIpc) is 3.48. The van der Waals surface area contributed by atoms with Gasteiger partial charge in [-0.25, -0.2) is 9.37 Å². The summed E-state index contributed by atoms with van der Waals surface area (Å²) in [6, 6.07) is 5.16. The molecule has 1 N–H and O–H groups in total. The number of hydrogen-bond acceptors (Lipinski definition) is 8. The second kappa shape index (κ2) is 7.41. The van der Waals surface area contributed by atoms with Crippen molar-refractivity contribution in [1.82, 2.24) is 35.4 Å². The molecule has 0 saturated heterocycles. The molecule has 178 valence electrons. The number of aromatic nitrogens is 7. The van der Waals surface area contributed by atoms with Crippen molar-refractivity contribution >= 4 is 5.82 Å². The number of benzene rings is 1. The number of phenols is 1. The number of tetrazole rings is 1. The summed E-state index contributed by atoms with van der Waals surface area (Å²) in [6.45, 7) is 4.41. The zero-order valence-electron chi connectivity index (χ0n) is 19.7. The lowest BCUT2D eigenvalue weighted by Crippen LogP contribution is -2.54. The Balaban J connectivity index is 1.28. The van der Waals surface area contributed by atoms with Gasteiger partial charge in [-0.05, 0) is 61.3 Å². The fraction of sp³-hybridized carbons (Fsp3) is 0.583. The Morgan fingerprint density at radius 3 is 2.59 bits per heavy atom. The number of anilines is 1. The molecule has 0 amide bonds. The van der Waals surface area contributed by atoms with Crippen LogP contribution in [0.3, 0.4) is 0 Å². The molecular formula is C24H29FN8O. The number of nitrogens with zero attached hydrogens (tertiary/aromatic N) is 8.